The van der Waals surface area contributed by atoms with E-state index in [0.29, 0.717) is 0 Å². The van der Waals surface area contributed by atoms with Crippen LogP contribution >= 0.6 is 0 Å². The van der Waals surface area contributed by atoms with Crippen LogP contribution < -0.4 is 0 Å². The van der Waals surface area contributed by atoms with Gasteiger partial charge >= 0.3 is 109 Å². The molecule has 9 heteroatoms. The summed E-state index contributed by atoms with van der Waals surface area (Å²) in [4.78, 5) is 6.19. The first-order chi connectivity index (χ1) is 5.97. The molecule has 0 saturated heterocycles. The van der Waals surface area contributed by atoms with Crippen molar-refractivity contribution in [3.8, 4) is 29.8 Å². The molecule has 72 valence electrons. The Hall–Kier alpha value is -1.40. The second kappa shape index (κ2) is 4.41. The molecule has 0 aromatic rings. The Morgan fingerprint density at radius 1 is 0.533 bits per heavy atom. The first-order valence-corrected chi connectivity index (χ1v) is 5.71. The van der Waals surface area contributed by atoms with Crippen LogP contribution in [0.1, 0.15) is 0 Å². The van der Waals surface area contributed by atoms with Gasteiger partial charge in [0.05, 0.1) is 0 Å². The van der Waals surface area contributed by atoms with Gasteiger partial charge in [0.15, 0.2) is 0 Å². The third kappa shape index (κ3) is 1.73. The van der Waals surface area contributed by atoms with Gasteiger partial charge in [0.25, 0.3) is 0 Å². The van der Waals surface area contributed by atoms with Crippen LogP contribution in [0, 0.1) is 61.4 Å². The van der Waals surface area contributed by atoms with Crippen molar-refractivity contribution in [2.75, 3.05) is 0 Å². The van der Waals surface area contributed by atoms with Crippen LogP contribution in [0.15, 0.2) is 0 Å². The Balaban J connectivity index is -0.000000720. The topological polar surface area (TPSA) is 143 Å². The summed E-state index contributed by atoms with van der Waals surface area (Å²) in [5.41, 5.74) is 0. The molecule has 0 aromatic carbocycles. The van der Waals surface area contributed by atoms with Gasteiger partial charge < -0.3 is 0 Å². The Kier molecular flexibility index (Phi) is 5.66. The minimum Gasteiger partial charge on any atom is 2.00 e. The average Bonchev–Trinajstić information content (AvgIpc) is 2.26. The maximum absolute atomic E-state index is 8.58. The SMILES string of the molecule is N#[C][Fe-4]([C]#N)([C]#N)([C]#N)([C]#N)[C]#N.[Fe+2].[Zn+2]. The van der Waals surface area contributed by atoms with Crippen LogP contribution in [0.3, 0.4) is 0 Å². The molecule has 0 bridgehead atoms. The minimum absolute atomic E-state index is 0. The molecule has 0 aliphatic rings. The van der Waals surface area contributed by atoms with Crippen molar-refractivity contribution in [3.63, 3.8) is 0 Å². The summed E-state index contributed by atoms with van der Waals surface area (Å²) in [7, 11) is -6.17. The van der Waals surface area contributed by atoms with E-state index in [9.17, 15) is 0 Å². The van der Waals surface area contributed by atoms with E-state index >= 15 is 0 Å². The number of hydrogen-bond donors (Lipinski definition) is 0. The van der Waals surface area contributed by atoms with Crippen molar-refractivity contribution in [2.45, 2.75) is 0 Å². The van der Waals surface area contributed by atoms with Crippen molar-refractivity contribution in [3.05, 3.63) is 0 Å². The van der Waals surface area contributed by atoms with Crippen molar-refractivity contribution in [2.24, 2.45) is 0 Å². The molecule has 0 spiro atoms. The van der Waals surface area contributed by atoms with Crippen LogP contribution in [-0.4, -0.2) is 0 Å². The first-order valence-electron chi connectivity index (χ1n) is 2.40. The molecule has 0 unspecified atom stereocenters. The second-order valence-corrected chi connectivity index (χ2v) is 7.42. The number of hydrogen-bond acceptors (Lipinski definition) is 6. The van der Waals surface area contributed by atoms with Gasteiger partial charge in [0, 0.05) is 0 Å². The first kappa shape index (κ1) is 19.2. The van der Waals surface area contributed by atoms with E-state index in [2.05, 4.69) is 0 Å². The summed E-state index contributed by atoms with van der Waals surface area (Å²) in [6.07, 6.45) is 0. The molecule has 0 amide bonds. The smallest absolute Gasteiger partial charge is 2.00 e. The van der Waals surface area contributed by atoms with Crippen LogP contribution in [0.4, 0.5) is 0 Å². The largest absolute Gasteiger partial charge is 2.00 e. The maximum Gasteiger partial charge on any atom is 2.00 e. The monoisotopic (exact) mass is 332 g/mol. The third-order valence-corrected chi connectivity index (χ3v) is 4.89. The van der Waals surface area contributed by atoms with Crippen LogP contribution in [0.2, 0.25) is 0 Å². The molecule has 0 aliphatic carbocycles. The van der Waals surface area contributed by atoms with Crippen molar-refractivity contribution < 1.29 is 47.3 Å². The Bertz CT molecular complexity index is 395. The van der Waals surface area contributed by atoms with E-state index in [0.717, 1.165) is 29.8 Å². The van der Waals surface area contributed by atoms with Crippen LogP contribution in [0.25, 0.3) is 0 Å². The van der Waals surface area contributed by atoms with Gasteiger partial charge in [0.1, 0.15) is 0 Å². The standard InChI is InChI=1S/6CN.2Fe.Zn/c6*1-2;;;/q;;;;;;-4;2*+2. The quantitative estimate of drug-likeness (QED) is 0.575. The number of nitrogens with zero attached hydrogens (tertiary/aromatic N) is 6. The zero-order valence-corrected chi connectivity index (χ0v) is 12.3. The minimum atomic E-state index is -6.17. The molecular formula is C6Fe2N6Zn. The van der Waals surface area contributed by atoms with E-state index in [4.69, 9.17) is 31.6 Å². The summed E-state index contributed by atoms with van der Waals surface area (Å²) >= 11 is 0. The predicted molar refractivity (Wildman–Crippen MR) is 33.7 cm³/mol. The van der Waals surface area contributed by atoms with Crippen molar-refractivity contribution in [1.82, 2.24) is 0 Å². The predicted octanol–water partition coefficient (Wildman–Crippen LogP) is 0.0932. The van der Waals surface area contributed by atoms with Crippen molar-refractivity contribution in [1.29, 1.82) is 31.6 Å². The zero-order chi connectivity index (χ0) is 10.7. The van der Waals surface area contributed by atoms with Gasteiger partial charge in [-0.1, -0.05) is 0 Å². The Morgan fingerprint density at radius 2 is 0.667 bits per heavy atom. The average molecular weight is 333 g/mol. The number of rotatable bonds is 0. The molecular weight excluding hydrogens is 333 g/mol. The second-order valence-electron chi connectivity index (χ2n) is 1.80. The summed E-state index contributed by atoms with van der Waals surface area (Å²) in [6.45, 7) is 0. The van der Waals surface area contributed by atoms with Gasteiger partial charge in [0.2, 0.25) is 0 Å². The zero-order valence-electron chi connectivity index (χ0n) is 7.10. The van der Waals surface area contributed by atoms with Gasteiger partial charge in [-0.25, -0.2) is 0 Å². The van der Waals surface area contributed by atoms with Crippen LogP contribution in [0.5, 0.6) is 0 Å². The van der Waals surface area contributed by atoms with Gasteiger partial charge in [-0.2, -0.15) is 0 Å². The summed E-state index contributed by atoms with van der Waals surface area (Å²) < 4.78 is 0. The fourth-order valence-electron chi connectivity index (χ4n) is 0.265. The Morgan fingerprint density at radius 3 is 0.667 bits per heavy atom. The molecule has 0 aliphatic heterocycles. The van der Waals surface area contributed by atoms with Gasteiger partial charge in [-0.3, -0.25) is 0 Å². The van der Waals surface area contributed by atoms with Crippen molar-refractivity contribution >= 4 is 0 Å². The molecule has 0 N–H and O–H groups in total. The van der Waals surface area contributed by atoms with Gasteiger partial charge in [-0.15, -0.1) is 0 Å². The molecule has 0 rings (SSSR count). The summed E-state index contributed by atoms with van der Waals surface area (Å²) in [6, 6.07) is 0. The molecule has 0 atom stereocenters. The van der Waals surface area contributed by atoms with E-state index in [-0.39, 0.29) is 36.5 Å². The third-order valence-electron chi connectivity index (χ3n) is 1.19. The molecule has 0 heterocycles. The molecule has 6 nitrogen and oxygen atoms in total. The normalized spacial score (nSPS) is 11.6. The molecule has 0 saturated carbocycles. The van der Waals surface area contributed by atoms with E-state index in [1.807, 2.05) is 0 Å². The summed E-state index contributed by atoms with van der Waals surface area (Å²) in [5.74, 6) is 0. The number of nitriles is 6. The van der Waals surface area contributed by atoms with Gasteiger partial charge in [-0.05, 0) is 0 Å². The van der Waals surface area contributed by atoms with E-state index in [1.165, 1.54) is 0 Å². The van der Waals surface area contributed by atoms with E-state index < -0.39 is 10.7 Å². The maximum atomic E-state index is 8.58. The molecule has 0 fully saturated rings. The van der Waals surface area contributed by atoms with Crippen LogP contribution in [-0.2, 0) is 47.3 Å². The fraction of sp³-hybridized carbons (Fsp3) is 0. The molecule has 0 radical (unpaired) electrons. The summed E-state index contributed by atoms with van der Waals surface area (Å²) in [5, 5.41) is 51.5. The van der Waals surface area contributed by atoms with E-state index in [1.54, 1.807) is 0 Å². The molecule has 15 heavy (non-hydrogen) atoms. The Labute approximate surface area is 108 Å². The molecule has 0 aromatic heterocycles. The fourth-order valence-corrected chi connectivity index (χ4v) is 1.09.